The van der Waals surface area contributed by atoms with Gasteiger partial charge in [0, 0.05) is 6.42 Å². The van der Waals surface area contributed by atoms with Gasteiger partial charge in [-0.25, -0.2) is 0 Å². The zero-order valence-electron chi connectivity index (χ0n) is 15.4. The Hall–Kier alpha value is -1.97. The van der Waals surface area contributed by atoms with E-state index in [1.165, 1.54) is 10.4 Å². The molecule has 0 unspecified atom stereocenters. The van der Waals surface area contributed by atoms with Crippen molar-refractivity contribution in [2.24, 2.45) is 0 Å². The van der Waals surface area contributed by atoms with E-state index in [1.54, 1.807) is 0 Å². The molecule has 0 fully saturated rings. The second-order valence-electron chi connectivity index (χ2n) is 7.30. The molecule has 2 rings (SSSR count). The van der Waals surface area contributed by atoms with Gasteiger partial charge in [0.15, 0.2) is 0 Å². The summed E-state index contributed by atoms with van der Waals surface area (Å²) in [6.45, 7) is 10.7. The normalized spacial score (nSPS) is 13.2. The third kappa shape index (κ3) is 4.17. The van der Waals surface area contributed by atoms with Crippen molar-refractivity contribution in [1.29, 1.82) is 0 Å². The highest BCUT2D eigenvalue weighted by Crippen LogP contribution is 2.37. The minimum absolute atomic E-state index is 0.0713. The molecule has 0 spiro atoms. The molecule has 0 saturated heterocycles. The molecule has 0 aromatic heterocycles. The average Bonchev–Trinajstić information content (AvgIpc) is 2.62. The van der Waals surface area contributed by atoms with Crippen molar-refractivity contribution < 1.29 is 9.22 Å². The Morgan fingerprint density at radius 3 is 1.84 bits per heavy atom. The van der Waals surface area contributed by atoms with Crippen LogP contribution < -0.4 is 10.4 Å². The minimum atomic E-state index is -2.57. The van der Waals surface area contributed by atoms with Crippen molar-refractivity contribution in [3.8, 4) is 0 Å². The monoisotopic (exact) mass is 352 g/mol. The van der Waals surface area contributed by atoms with Crippen LogP contribution in [0.15, 0.2) is 73.3 Å². The Balaban J connectivity index is 2.63. The quantitative estimate of drug-likeness (QED) is 0.406. The van der Waals surface area contributed by atoms with Gasteiger partial charge in [0.1, 0.15) is 6.29 Å². The molecule has 1 atom stereocenters. The molecule has 0 aliphatic rings. The highest BCUT2D eigenvalue weighted by molar-refractivity contribution is 6.99. The highest BCUT2D eigenvalue weighted by Gasteiger charge is 2.51. The van der Waals surface area contributed by atoms with E-state index >= 15 is 0 Å². The largest absolute Gasteiger partial charge is 0.401 e. The summed E-state index contributed by atoms with van der Waals surface area (Å²) in [5, 5.41) is 2.41. The molecule has 132 valence electrons. The maximum atomic E-state index is 10.8. The van der Waals surface area contributed by atoms with Crippen LogP contribution in [0.5, 0.6) is 0 Å². The fourth-order valence-electron chi connectivity index (χ4n) is 3.38. The van der Waals surface area contributed by atoms with Crippen LogP contribution in [-0.2, 0) is 9.22 Å². The van der Waals surface area contributed by atoms with Crippen LogP contribution in [0.4, 0.5) is 0 Å². The summed E-state index contributed by atoms with van der Waals surface area (Å²) >= 11 is 0. The lowest BCUT2D eigenvalue weighted by Gasteiger charge is -2.44. The predicted octanol–water partition coefficient (Wildman–Crippen LogP) is 4.10. The highest BCUT2D eigenvalue weighted by atomic mass is 28.4. The Kier molecular flexibility index (Phi) is 6.51. The van der Waals surface area contributed by atoms with Gasteiger partial charge in [0.2, 0.25) is 0 Å². The predicted molar refractivity (Wildman–Crippen MR) is 108 cm³/mol. The van der Waals surface area contributed by atoms with Crippen molar-refractivity contribution in [1.82, 2.24) is 0 Å². The van der Waals surface area contributed by atoms with Crippen molar-refractivity contribution in [2.75, 3.05) is 0 Å². The van der Waals surface area contributed by atoms with Crippen molar-refractivity contribution in [3.05, 3.63) is 73.3 Å². The average molecular weight is 353 g/mol. The van der Waals surface area contributed by atoms with Gasteiger partial charge in [-0.15, -0.1) is 6.58 Å². The van der Waals surface area contributed by atoms with Crippen LogP contribution in [0, 0.1) is 0 Å². The molecule has 0 heterocycles. The SMILES string of the molecule is C=C[C@@H](CCC=O)O[Si](c1ccccc1)(c1ccccc1)C(C)(C)C. The molecule has 2 aromatic carbocycles. The van der Waals surface area contributed by atoms with E-state index in [1.807, 2.05) is 18.2 Å². The van der Waals surface area contributed by atoms with Crippen LogP contribution in [0.25, 0.3) is 0 Å². The maximum Gasteiger partial charge on any atom is 0.261 e. The van der Waals surface area contributed by atoms with Gasteiger partial charge >= 0.3 is 0 Å². The first-order chi connectivity index (χ1) is 12.0. The van der Waals surface area contributed by atoms with Gasteiger partial charge in [-0.3, -0.25) is 0 Å². The molecule has 0 saturated carbocycles. The van der Waals surface area contributed by atoms with E-state index in [2.05, 4.69) is 75.9 Å². The second kappa shape index (κ2) is 8.41. The molecular weight excluding hydrogens is 324 g/mol. The summed E-state index contributed by atoms with van der Waals surface area (Å²) in [4.78, 5) is 10.8. The van der Waals surface area contributed by atoms with Gasteiger partial charge < -0.3 is 9.22 Å². The van der Waals surface area contributed by atoms with E-state index in [0.29, 0.717) is 12.8 Å². The molecule has 0 amide bonds. The maximum absolute atomic E-state index is 10.8. The first kappa shape index (κ1) is 19.4. The summed E-state index contributed by atoms with van der Waals surface area (Å²) < 4.78 is 6.89. The Morgan fingerprint density at radius 1 is 1.00 bits per heavy atom. The molecule has 0 aliphatic carbocycles. The van der Waals surface area contributed by atoms with Crippen LogP contribution >= 0.6 is 0 Å². The molecule has 0 N–H and O–H groups in total. The topological polar surface area (TPSA) is 26.3 Å². The molecule has 3 heteroatoms. The van der Waals surface area contributed by atoms with Crippen LogP contribution in [0.2, 0.25) is 5.04 Å². The zero-order valence-corrected chi connectivity index (χ0v) is 16.4. The number of rotatable bonds is 8. The van der Waals surface area contributed by atoms with Crippen molar-refractivity contribution in [3.63, 3.8) is 0 Å². The molecule has 0 bridgehead atoms. The third-order valence-electron chi connectivity index (χ3n) is 4.58. The van der Waals surface area contributed by atoms with E-state index in [0.717, 1.165) is 6.29 Å². The number of carbonyl (C=O) groups excluding carboxylic acids is 1. The van der Waals surface area contributed by atoms with E-state index in [-0.39, 0.29) is 11.1 Å². The molecule has 0 aliphatic heterocycles. The molecular formula is C22H28O2Si. The minimum Gasteiger partial charge on any atom is -0.401 e. The summed E-state index contributed by atoms with van der Waals surface area (Å²) in [6, 6.07) is 21.0. The van der Waals surface area contributed by atoms with E-state index in [9.17, 15) is 4.79 Å². The standard InChI is InChI=1S/C22H28O2Si/c1-5-19(13-12-18-23)24-25(22(2,3)4,20-14-8-6-9-15-20)21-16-10-7-11-17-21/h5-11,14-19H,1,12-13H2,2-4H3/t19-/m0/s1. The molecule has 25 heavy (non-hydrogen) atoms. The number of benzene rings is 2. The second-order valence-corrected chi connectivity index (χ2v) is 11.6. The van der Waals surface area contributed by atoms with E-state index in [4.69, 9.17) is 4.43 Å². The van der Waals surface area contributed by atoms with Crippen molar-refractivity contribution >= 4 is 25.0 Å². The van der Waals surface area contributed by atoms with Gasteiger partial charge in [0.05, 0.1) is 6.10 Å². The number of hydrogen-bond acceptors (Lipinski definition) is 2. The van der Waals surface area contributed by atoms with Crippen molar-refractivity contribution in [2.45, 2.75) is 44.8 Å². The summed E-state index contributed by atoms with van der Waals surface area (Å²) in [5.41, 5.74) is 0. The summed E-state index contributed by atoms with van der Waals surface area (Å²) in [7, 11) is -2.57. The van der Waals surface area contributed by atoms with E-state index < -0.39 is 8.32 Å². The van der Waals surface area contributed by atoms with Gasteiger partial charge in [-0.2, -0.15) is 0 Å². The van der Waals surface area contributed by atoms with Gasteiger partial charge in [-0.1, -0.05) is 87.5 Å². The van der Waals surface area contributed by atoms with Crippen LogP contribution in [0.1, 0.15) is 33.6 Å². The lowest BCUT2D eigenvalue weighted by molar-refractivity contribution is -0.108. The summed E-state index contributed by atoms with van der Waals surface area (Å²) in [6.07, 6.45) is 3.79. The first-order valence-corrected chi connectivity index (χ1v) is 10.7. The third-order valence-corrected chi connectivity index (χ3v) is 9.64. The van der Waals surface area contributed by atoms with Crippen LogP contribution in [-0.4, -0.2) is 20.7 Å². The molecule has 2 aromatic rings. The Morgan fingerprint density at radius 2 is 1.48 bits per heavy atom. The lowest BCUT2D eigenvalue weighted by Crippen LogP contribution is -2.67. The fraction of sp³-hybridized carbons (Fsp3) is 0.318. The Bertz CT molecular complexity index is 635. The molecule has 2 nitrogen and oxygen atoms in total. The summed E-state index contributed by atoms with van der Waals surface area (Å²) in [5.74, 6) is 0. The number of carbonyl (C=O) groups is 1. The smallest absolute Gasteiger partial charge is 0.261 e. The lowest BCUT2D eigenvalue weighted by atomic mass is 10.2. The Labute approximate surface area is 152 Å². The first-order valence-electron chi connectivity index (χ1n) is 8.80. The van der Waals surface area contributed by atoms with Crippen LogP contribution in [0.3, 0.4) is 0 Å². The van der Waals surface area contributed by atoms with Gasteiger partial charge in [0.25, 0.3) is 8.32 Å². The zero-order chi connectivity index (χ0) is 18.3. The number of aldehydes is 1. The molecule has 0 radical (unpaired) electrons. The number of hydrogen-bond donors (Lipinski definition) is 0. The van der Waals surface area contributed by atoms with Gasteiger partial charge in [-0.05, 0) is 21.8 Å². The fourth-order valence-corrected chi connectivity index (χ4v) is 8.06.